The maximum atomic E-state index is 12.0. The first-order valence-corrected chi connectivity index (χ1v) is 8.63. The van der Waals surface area contributed by atoms with Crippen molar-refractivity contribution in [1.82, 2.24) is 5.32 Å². The number of hydrogen-bond donors (Lipinski definition) is 1. The van der Waals surface area contributed by atoms with Crippen molar-refractivity contribution in [3.8, 4) is 0 Å². The number of amides is 1. The third-order valence-corrected chi connectivity index (χ3v) is 4.05. The van der Waals surface area contributed by atoms with Crippen LogP contribution in [-0.2, 0) is 20.3 Å². The largest absolute Gasteiger partial charge is 0.381 e. The van der Waals surface area contributed by atoms with Crippen LogP contribution in [0.5, 0.6) is 0 Å². The molecule has 1 unspecified atom stereocenters. The molecule has 20 heavy (non-hydrogen) atoms. The van der Waals surface area contributed by atoms with Crippen LogP contribution >= 0.6 is 0 Å². The first-order chi connectivity index (χ1) is 9.44. The molecule has 0 aromatic heterocycles. The third kappa shape index (κ3) is 4.61. The second kappa shape index (κ2) is 6.37. The summed E-state index contributed by atoms with van der Waals surface area (Å²) in [5, 5.41) is 2.86. The van der Waals surface area contributed by atoms with Crippen molar-refractivity contribution in [2.75, 3.05) is 26.0 Å². The minimum Gasteiger partial charge on any atom is -0.381 e. The topological polar surface area (TPSA) is 72.5 Å². The molecule has 1 heterocycles. The van der Waals surface area contributed by atoms with E-state index in [2.05, 4.69) is 5.32 Å². The maximum Gasteiger partial charge on any atom is 0.251 e. The average molecular weight is 297 g/mol. The number of benzene rings is 1. The van der Waals surface area contributed by atoms with Gasteiger partial charge in [-0.2, -0.15) is 0 Å². The number of sulfone groups is 1. The molecular formula is C14H19NO4S. The van der Waals surface area contributed by atoms with Gasteiger partial charge in [0.25, 0.3) is 5.91 Å². The van der Waals surface area contributed by atoms with Crippen LogP contribution < -0.4 is 5.32 Å². The summed E-state index contributed by atoms with van der Waals surface area (Å²) in [5.41, 5.74) is 1.12. The molecule has 0 aliphatic carbocycles. The molecule has 1 amide bonds. The van der Waals surface area contributed by atoms with Crippen LogP contribution in [0.4, 0.5) is 0 Å². The van der Waals surface area contributed by atoms with Crippen LogP contribution in [0.15, 0.2) is 24.3 Å². The molecule has 5 nitrogen and oxygen atoms in total. The fourth-order valence-electron chi connectivity index (χ4n) is 2.19. The monoisotopic (exact) mass is 297 g/mol. The van der Waals surface area contributed by atoms with Gasteiger partial charge in [0, 0.05) is 30.9 Å². The number of carbonyl (C=O) groups excluding carboxylic acids is 1. The Morgan fingerprint density at radius 3 is 2.90 bits per heavy atom. The predicted molar refractivity (Wildman–Crippen MR) is 76.2 cm³/mol. The van der Waals surface area contributed by atoms with Gasteiger partial charge in [0.1, 0.15) is 0 Å². The summed E-state index contributed by atoms with van der Waals surface area (Å²) in [4.78, 5) is 12.0. The lowest BCUT2D eigenvalue weighted by molar-refractivity contribution is 0.0945. The van der Waals surface area contributed by atoms with Crippen LogP contribution in [0.25, 0.3) is 0 Å². The van der Waals surface area contributed by atoms with Gasteiger partial charge in [-0.05, 0) is 24.1 Å². The van der Waals surface area contributed by atoms with E-state index in [-0.39, 0.29) is 11.7 Å². The Morgan fingerprint density at radius 2 is 2.25 bits per heavy atom. The van der Waals surface area contributed by atoms with Crippen molar-refractivity contribution < 1.29 is 17.9 Å². The Bertz CT molecular complexity index is 577. The van der Waals surface area contributed by atoms with Gasteiger partial charge in [0.15, 0.2) is 9.84 Å². The van der Waals surface area contributed by atoms with Crippen molar-refractivity contribution >= 4 is 15.7 Å². The highest BCUT2D eigenvalue weighted by atomic mass is 32.2. The molecule has 1 saturated heterocycles. The Labute approximate surface area is 119 Å². The molecule has 110 valence electrons. The van der Waals surface area contributed by atoms with Gasteiger partial charge in [0.05, 0.1) is 12.4 Å². The summed E-state index contributed by atoms with van der Waals surface area (Å²) in [6, 6.07) is 6.73. The van der Waals surface area contributed by atoms with E-state index in [9.17, 15) is 13.2 Å². The lowest BCUT2D eigenvalue weighted by Crippen LogP contribution is -2.29. The third-order valence-electron chi connectivity index (χ3n) is 3.19. The van der Waals surface area contributed by atoms with Crippen molar-refractivity contribution in [1.29, 1.82) is 0 Å². The predicted octanol–water partition coefficient (Wildman–Crippen LogP) is 0.997. The smallest absolute Gasteiger partial charge is 0.251 e. The summed E-state index contributed by atoms with van der Waals surface area (Å²) >= 11 is 0. The molecule has 1 N–H and O–H groups in total. The molecule has 1 aliphatic rings. The van der Waals surface area contributed by atoms with Gasteiger partial charge >= 0.3 is 0 Å². The fourth-order valence-corrected chi connectivity index (χ4v) is 2.97. The number of nitrogens with one attached hydrogen (secondary N) is 1. The van der Waals surface area contributed by atoms with Crippen molar-refractivity contribution in [3.05, 3.63) is 35.4 Å². The zero-order valence-electron chi connectivity index (χ0n) is 11.5. The highest BCUT2D eigenvalue weighted by molar-refractivity contribution is 7.89. The van der Waals surface area contributed by atoms with Gasteiger partial charge in [-0.3, -0.25) is 4.79 Å². The second-order valence-corrected chi connectivity index (χ2v) is 7.35. The molecule has 0 bridgehead atoms. The van der Waals surface area contributed by atoms with Crippen molar-refractivity contribution in [2.24, 2.45) is 5.92 Å². The molecule has 1 aromatic rings. The van der Waals surface area contributed by atoms with E-state index in [0.717, 1.165) is 13.0 Å². The second-order valence-electron chi connectivity index (χ2n) is 5.21. The molecule has 0 saturated carbocycles. The SMILES string of the molecule is CS(=O)(=O)Cc1cccc(C(=O)NCC2CCOC2)c1. The standard InChI is InChI=1S/C14H19NO4S/c1-20(17,18)10-11-3-2-4-13(7-11)14(16)15-8-12-5-6-19-9-12/h2-4,7,12H,5-6,8-10H2,1H3,(H,15,16). The Balaban J connectivity index is 1.96. The average Bonchev–Trinajstić information content (AvgIpc) is 2.87. The van der Waals surface area contributed by atoms with E-state index in [4.69, 9.17) is 4.74 Å². The van der Waals surface area contributed by atoms with Gasteiger partial charge < -0.3 is 10.1 Å². The summed E-state index contributed by atoms with van der Waals surface area (Å²) in [5.74, 6) is 0.148. The zero-order chi connectivity index (χ0) is 14.6. The normalized spacial score (nSPS) is 18.9. The van der Waals surface area contributed by atoms with Crippen LogP contribution in [0.2, 0.25) is 0 Å². The zero-order valence-corrected chi connectivity index (χ0v) is 12.3. The lowest BCUT2D eigenvalue weighted by Gasteiger charge is -2.10. The van der Waals surface area contributed by atoms with E-state index in [1.54, 1.807) is 24.3 Å². The molecule has 1 aliphatic heterocycles. The molecule has 1 fully saturated rings. The summed E-state index contributed by atoms with van der Waals surface area (Å²) < 4.78 is 27.8. The van der Waals surface area contributed by atoms with E-state index >= 15 is 0 Å². The van der Waals surface area contributed by atoms with E-state index < -0.39 is 9.84 Å². The molecule has 0 radical (unpaired) electrons. The molecule has 6 heteroatoms. The van der Waals surface area contributed by atoms with Crippen molar-refractivity contribution in [2.45, 2.75) is 12.2 Å². The maximum absolute atomic E-state index is 12.0. The van der Waals surface area contributed by atoms with Crippen molar-refractivity contribution in [3.63, 3.8) is 0 Å². The first kappa shape index (κ1) is 15.0. The van der Waals surface area contributed by atoms with Crippen LogP contribution in [0.3, 0.4) is 0 Å². The fraction of sp³-hybridized carbons (Fsp3) is 0.500. The van der Waals surface area contributed by atoms with E-state index in [0.29, 0.717) is 30.2 Å². The highest BCUT2D eigenvalue weighted by Crippen LogP contribution is 2.12. The Hall–Kier alpha value is -1.40. The molecular weight excluding hydrogens is 278 g/mol. The van der Waals surface area contributed by atoms with E-state index in [1.807, 2.05) is 0 Å². The van der Waals surface area contributed by atoms with Crippen LogP contribution in [0, 0.1) is 5.92 Å². The minimum absolute atomic E-state index is 0.0510. The molecule has 2 rings (SSSR count). The molecule has 1 atom stereocenters. The summed E-state index contributed by atoms with van der Waals surface area (Å²) in [6.45, 7) is 2.04. The first-order valence-electron chi connectivity index (χ1n) is 6.56. The van der Waals surface area contributed by atoms with Crippen LogP contribution in [0.1, 0.15) is 22.3 Å². The quantitative estimate of drug-likeness (QED) is 0.880. The van der Waals surface area contributed by atoms with E-state index in [1.165, 1.54) is 6.26 Å². The number of carbonyl (C=O) groups is 1. The number of ether oxygens (including phenoxy) is 1. The summed E-state index contributed by atoms with van der Waals surface area (Å²) in [7, 11) is -3.09. The lowest BCUT2D eigenvalue weighted by atomic mass is 10.1. The Morgan fingerprint density at radius 1 is 1.45 bits per heavy atom. The summed E-state index contributed by atoms with van der Waals surface area (Å²) in [6.07, 6.45) is 2.15. The highest BCUT2D eigenvalue weighted by Gasteiger charge is 2.17. The van der Waals surface area contributed by atoms with Gasteiger partial charge in [-0.1, -0.05) is 12.1 Å². The Kier molecular flexibility index (Phi) is 4.77. The number of hydrogen-bond acceptors (Lipinski definition) is 4. The van der Waals surface area contributed by atoms with Gasteiger partial charge in [-0.15, -0.1) is 0 Å². The van der Waals surface area contributed by atoms with Crippen LogP contribution in [-0.4, -0.2) is 40.3 Å². The molecule has 1 aromatic carbocycles. The molecule has 0 spiro atoms. The van der Waals surface area contributed by atoms with Gasteiger partial charge in [0.2, 0.25) is 0 Å². The number of rotatable bonds is 5. The minimum atomic E-state index is -3.09. The van der Waals surface area contributed by atoms with Gasteiger partial charge in [-0.25, -0.2) is 8.42 Å².